The Morgan fingerprint density at radius 3 is 2.33 bits per heavy atom. The van der Waals surface area contributed by atoms with Crippen molar-refractivity contribution in [1.29, 1.82) is 0 Å². The highest BCUT2D eigenvalue weighted by Gasteiger charge is 2.05. The zero-order valence-corrected chi connectivity index (χ0v) is 14.0. The molecule has 0 fully saturated rings. The van der Waals surface area contributed by atoms with Crippen LogP contribution in [0.2, 0.25) is 0 Å². The first kappa shape index (κ1) is 17.5. The summed E-state index contributed by atoms with van der Waals surface area (Å²) in [5.74, 6) is -0.313. The van der Waals surface area contributed by atoms with Gasteiger partial charge in [0.25, 0.3) is 5.91 Å². The maximum absolute atomic E-state index is 12.0. The molecule has 0 aliphatic rings. The summed E-state index contributed by atoms with van der Waals surface area (Å²) in [6.45, 7) is 4.76. The molecule has 0 bridgehead atoms. The molecule has 0 heterocycles. The van der Waals surface area contributed by atoms with Gasteiger partial charge in [-0.25, -0.2) is 0 Å². The highest BCUT2D eigenvalue weighted by atomic mass is 16.2. The van der Waals surface area contributed by atoms with E-state index in [1.54, 1.807) is 12.1 Å². The Balaban J connectivity index is 1.72. The van der Waals surface area contributed by atoms with Gasteiger partial charge in [-0.05, 0) is 48.7 Å². The first-order valence-electron chi connectivity index (χ1n) is 7.92. The maximum atomic E-state index is 12.0. The van der Waals surface area contributed by atoms with Crippen LogP contribution < -0.4 is 10.6 Å². The Morgan fingerprint density at radius 1 is 0.917 bits per heavy atom. The number of hydrogen-bond donors (Lipinski definition) is 2. The van der Waals surface area contributed by atoms with E-state index in [2.05, 4.69) is 10.6 Å². The number of carbonyl (C=O) groups excluding carboxylic acids is 2. The minimum Gasteiger partial charge on any atom is -0.351 e. The SMILES string of the molecule is Cc1ccc(C(=O)NCCNC(=O)/C=C/c2ccccc2)cc1C. The molecule has 0 aliphatic carbocycles. The lowest BCUT2D eigenvalue weighted by molar-refractivity contribution is -0.116. The summed E-state index contributed by atoms with van der Waals surface area (Å²) in [6, 6.07) is 15.2. The summed E-state index contributed by atoms with van der Waals surface area (Å²) in [5.41, 5.74) is 3.84. The lowest BCUT2D eigenvalue weighted by Gasteiger charge is -2.07. The summed E-state index contributed by atoms with van der Waals surface area (Å²) < 4.78 is 0. The Kier molecular flexibility index (Phi) is 6.32. The third-order valence-corrected chi connectivity index (χ3v) is 3.71. The van der Waals surface area contributed by atoms with Crippen LogP contribution in [-0.4, -0.2) is 24.9 Å². The Hall–Kier alpha value is -2.88. The average Bonchev–Trinajstić information content (AvgIpc) is 2.60. The molecular weight excluding hydrogens is 300 g/mol. The van der Waals surface area contributed by atoms with Crippen molar-refractivity contribution in [2.75, 3.05) is 13.1 Å². The molecule has 0 aliphatic heterocycles. The first-order chi connectivity index (χ1) is 11.6. The van der Waals surface area contributed by atoms with Crippen LogP contribution in [0.15, 0.2) is 54.6 Å². The molecule has 2 aromatic rings. The van der Waals surface area contributed by atoms with Crippen LogP contribution in [0.3, 0.4) is 0 Å². The van der Waals surface area contributed by atoms with Crippen molar-refractivity contribution in [2.45, 2.75) is 13.8 Å². The number of rotatable bonds is 6. The van der Waals surface area contributed by atoms with Crippen LogP contribution >= 0.6 is 0 Å². The summed E-state index contributed by atoms with van der Waals surface area (Å²) in [7, 11) is 0. The molecule has 2 N–H and O–H groups in total. The number of aryl methyl sites for hydroxylation is 2. The van der Waals surface area contributed by atoms with Crippen LogP contribution in [0.25, 0.3) is 6.08 Å². The summed E-state index contributed by atoms with van der Waals surface area (Å²) >= 11 is 0. The van der Waals surface area contributed by atoms with Crippen LogP contribution in [0.4, 0.5) is 0 Å². The molecule has 0 spiro atoms. The van der Waals surface area contributed by atoms with Crippen LogP contribution in [-0.2, 0) is 4.79 Å². The number of carbonyl (C=O) groups is 2. The van der Waals surface area contributed by atoms with E-state index in [1.165, 1.54) is 6.08 Å². The van der Waals surface area contributed by atoms with E-state index in [9.17, 15) is 9.59 Å². The minimum atomic E-state index is -0.181. The second-order valence-electron chi connectivity index (χ2n) is 5.59. The first-order valence-corrected chi connectivity index (χ1v) is 7.92. The average molecular weight is 322 g/mol. The molecule has 0 saturated carbocycles. The normalized spacial score (nSPS) is 10.6. The monoisotopic (exact) mass is 322 g/mol. The minimum absolute atomic E-state index is 0.132. The highest BCUT2D eigenvalue weighted by molar-refractivity contribution is 5.94. The van der Waals surface area contributed by atoms with Crippen molar-refractivity contribution in [1.82, 2.24) is 10.6 Å². The molecule has 0 radical (unpaired) electrons. The number of benzene rings is 2. The van der Waals surface area contributed by atoms with E-state index in [1.807, 2.05) is 56.3 Å². The Morgan fingerprint density at radius 2 is 1.62 bits per heavy atom. The van der Waals surface area contributed by atoms with E-state index >= 15 is 0 Å². The van der Waals surface area contributed by atoms with E-state index in [0.29, 0.717) is 18.7 Å². The molecule has 2 amide bonds. The standard InChI is InChI=1S/C20H22N2O2/c1-15-8-10-18(14-16(15)2)20(24)22-13-12-21-19(23)11-9-17-6-4-3-5-7-17/h3-11,14H,12-13H2,1-2H3,(H,21,23)(H,22,24)/b11-9+. The van der Waals surface area contributed by atoms with Crippen molar-refractivity contribution in [2.24, 2.45) is 0 Å². The van der Waals surface area contributed by atoms with E-state index in [0.717, 1.165) is 16.7 Å². The van der Waals surface area contributed by atoms with Gasteiger partial charge in [-0.1, -0.05) is 36.4 Å². The predicted molar refractivity (Wildman–Crippen MR) is 96.7 cm³/mol. The van der Waals surface area contributed by atoms with Crippen molar-refractivity contribution in [3.63, 3.8) is 0 Å². The second-order valence-corrected chi connectivity index (χ2v) is 5.59. The lowest BCUT2D eigenvalue weighted by atomic mass is 10.1. The zero-order chi connectivity index (χ0) is 17.4. The third kappa shape index (κ3) is 5.39. The smallest absolute Gasteiger partial charge is 0.251 e. The topological polar surface area (TPSA) is 58.2 Å². The third-order valence-electron chi connectivity index (χ3n) is 3.71. The summed E-state index contributed by atoms with van der Waals surface area (Å²) in [4.78, 5) is 23.7. The lowest BCUT2D eigenvalue weighted by Crippen LogP contribution is -2.34. The summed E-state index contributed by atoms with van der Waals surface area (Å²) in [5, 5.41) is 5.54. The van der Waals surface area contributed by atoms with Crippen molar-refractivity contribution in [3.8, 4) is 0 Å². The van der Waals surface area contributed by atoms with E-state index in [-0.39, 0.29) is 11.8 Å². The fourth-order valence-electron chi connectivity index (χ4n) is 2.14. The molecule has 0 unspecified atom stereocenters. The fraction of sp³-hybridized carbons (Fsp3) is 0.200. The maximum Gasteiger partial charge on any atom is 0.251 e. The van der Waals surface area contributed by atoms with Gasteiger partial charge in [0.1, 0.15) is 0 Å². The molecule has 4 nitrogen and oxygen atoms in total. The predicted octanol–water partition coefficient (Wildman–Crippen LogP) is 2.86. The van der Waals surface area contributed by atoms with Crippen molar-refractivity contribution >= 4 is 17.9 Å². The fourth-order valence-corrected chi connectivity index (χ4v) is 2.14. The number of hydrogen-bond acceptors (Lipinski definition) is 2. The number of amides is 2. The van der Waals surface area contributed by atoms with E-state index in [4.69, 9.17) is 0 Å². The van der Waals surface area contributed by atoms with Gasteiger partial charge in [-0.2, -0.15) is 0 Å². The van der Waals surface area contributed by atoms with Gasteiger partial charge in [0.2, 0.25) is 5.91 Å². The van der Waals surface area contributed by atoms with E-state index < -0.39 is 0 Å². The van der Waals surface area contributed by atoms with Gasteiger partial charge in [0, 0.05) is 24.7 Å². The van der Waals surface area contributed by atoms with Crippen LogP contribution in [0.5, 0.6) is 0 Å². The quantitative estimate of drug-likeness (QED) is 0.635. The highest BCUT2D eigenvalue weighted by Crippen LogP contribution is 2.09. The Bertz CT molecular complexity index is 737. The number of nitrogens with one attached hydrogen (secondary N) is 2. The molecule has 24 heavy (non-hydrogen) atoms. The molecule has 2 rings (SSSR count). The summed E-state index contributed by atoms with van der Waals surface area (Å²) in [6.07, 6.45) is 3.24. The molecule has 0 atom stereocenters. The van der Waals surface area contributed by atoms with Gasteiger partial charge in [0.05, 0.1) is 0 Å². The zero-order valence-electron chi connectivity index (χ0n) is 14.0. The largest absolute Gasteiger partial charge is 0.351 e. The Labute approximate surface area is 142 Å². The van der Waals surface area contributed by atoms with Crippen LogP contribution in [0.1, 0.15) is 27.0 Å². The van der Waals surface area contributed by atoms with Gasteiger partial charge >= 0.3 is 0 Å². The molecule has 124 valence electrons. The molecule has 0 aromatic heterocycles. The second kappa shape index (κ2) is 8.67. The van der Waals surface area contributed by atoms with Gasteiger partial charge in [-0.3, -0.25) is 9.59 Å². The van der Waals surface area contributed by atoms with Gasteiger partial charge in [0.15, 0.2) is 0 Å². The van der Waals surface area contributed by atoms with Crippen molar-refractivity contribution < 1.29 is 9.59 Å². The molecule has 0 saturated heterocycles. The van der Waals surface area contributed by atoms with Crippen molar-refractivity contribution in [3.05, 3.63) is 76.9 Å². The molecule has 2 aromatic carbocycles. The molecule has 4 heteroatoms. The van der Waals surface area contributed by atoms with Gasteiger partial charge in [-0.15, -0.1) is 0 Å². The van der Waals surface area contributed by atoms with Gasteiger partial charge < -0.3 is 10.6 Å². The molecular formula is C20H22N2O2. The van der Waals surface area contributed by atoms with Crippen LogP contribution in [0, 0.1) is 13.8 Å².